The van der Waals surface area contributed by atoms with Crippen LogP contribution in [0.5, 0.6) is 11.5 Å². The molecule has 0 aliphatic carbocycles. The summed E-state index contributed by atoms with van der Waals surface area (Å²) in [6, 6.07) is 27.3. The number of hydrogen-bond acceptors (Lipinski definition) is 4. The summed E-state index contributed by atoms with van der Waals surface area (Å²) in [4.78, 5) is 15.4. The number of aryl methyl sites for hydroxylation is 1. The number of carbonyl (C=O) groups is 1. The number of rotatable bonds is 6. The van der Waals surface area contributed by atoms with E-state index in [-0.39, 0.29) is 18.3 Å². The maximum atomic E-state index is 14.1. The minimum Gasteiger partial charge on any atom is -0.496 e. The van der Waals surface area contributed by atoms with Crippen molar-refractivity contribution in [2.45, 2.75) is 19.7 Å². The third-order valence-electron chi connectivity index (χ3n) is 6.07. The number of nitrogens with zero attached hydrogens (tertiary/aromatic N) is 1. The molecule has 5 nitrogen and oxygen atoms in total. The topological polar surface area (TPSA) is 50.8 Å². The Balaban J connectivity index is 1.49. The van der Waals surface area contributed by atoms with E-state index in [1.165, 1.54) is 6.07 Å². The monoisotopic (exact) mass is 468 g/mol. The molecule has 0 aromatic heterocycles. The summed E-state index contributed by atoms with van der Waals surface area (Å²) in [6.07, 6.45) is -0.431. The SMILES string of the molecule is COc1ccc(C2Nc3ccccc3N2C(=O)c2ccc(C)cc2)cc1COc1ccccc1F. The molecule has 4 aromatic rings. The normalized spacial score (nSPS) is 14.3. The number of anilines is 2. The van der Waals surface area contributed by atoms with Crippen molar-refractivity contribution in [1.29, 1.82) is 0 Å². The van der Waals surface area contributed by atoms with Gasteiger partial charge in [-0.15, -0.1) is 0 Å². The van der Waals surface area contributed by atoms with Crippen molar-refractivity contribution in [3.63, 3.8) is 0 Å². The van der Waals surface area contributed by atoms with Gasteiger partial charge in [-0.1, -0.05) is 48.0 Å². The average Bonchev–Trinajstić information content (AvgIpc) is 3.28. The van der Waals surface area contributed by atoms with Crippen LogP contribution < -0.4 is 19.7 Å². The molecule has 5 rings (SSSR count). The van der Waals surface area contributed by atoms with Gasteiger partial charge in [0.25, 0.3) is 5.91 Å². The molecule has 6 heteroatoms. The molecule has 1 amide bonds. The number of fused-ring (bicyclic) bond motifs is 1. The first-order valence-electron chi connectivity index (χ1n) is 11.3. The predicted molar refractivity (Wildman–Crippen MR) is 135 cm³/mol. The second-order valence-electron chi connectivity index (χ2n) is 8.40. The summed E-state index contributed by atoms with van der Waals surface area (Å²) in [7, 11) is 1.58. The Labute approximate surface area is 203 Å². The van der Waals surface area contributed by atoms with Crippen molar-refractivity contribution in [2.75, 3.05) is 17.3 Å². The highest BCUT2D eigenvalue weighted by molar-refractivity contribution is 6.10. The smallest absolute Gasteiger partial charge is 0.260 e. The van der Waals surface area contributed by atoms with Crippen molar-refractivity contribution in [1.82, 2.24) is 0 Å². The second kappa shape index (κ2) is 9.50. The van der Waals surface area contributed by atoms with E-state index >= 15 is 0 Å². The minimum absolute atomic E-state index is 0.104. The van der Waals surface area contributed by atoms with Crippen molar-refractivity contribution < 1.29 is 18.7 Å². The lowest BCUT2D eigenvalue weighted by atomic mass is 10.1. The summed E-state index contributed by atoms with van der Waals surface area (Å²) in [5.41, 5.74) is 4.98. The van der Waals surface area contributed by atoms with Crippen molar-refractivity contribution in [3.05, 3.63) is 119 Å². The van der Waals surface area contributed by atoms with Gasteiger partial charge in [0, 0.05) is 11.1 Å². The quantitative estimate of drug-likeness (QED) is 0.351. The lowest BCUT2D eigenvalue weighted by Crippen LogP contribution is -2.34. The van der Waals surface area contributed by atoms with E-state index in [0.717, 1.165) is 28.1 Å². The van der Waals surface area contributed by atoms with Crippen LogP contribution in [-0.4, -0.2) is 13.0 Å². The Kier molecular flexibility index (Phi) is 6.10. The molecule has 0 saturated carbocycles. The molecule has 1 aliphatic heterocycles. The van der Waals surface area contributed by atoms with Gasteiger partial charge < -0.3 is 14.8 Å². The van der Waals surface area contributed by atoms with E-state index in [4.69, 9.17) is 9.47 Å². The molecule has 176 valence electrons. The largest absolute Gasteiger partial charge is 0.496 e. The van der Waals surface area contributed by atoms with Crippen molar-refractivity contribution in [2.24, 2.45) is 0 Å². The first-order valence-corrected chi connectivity index (χ1v) is 11.3. The predicted octanol–water partition coefficient (Wildman–Crippen LogP) is 6.49. The molecular formula is C29H25FN2O3. The van der Waals surface area contributed by atoms with Crippen LogP contribution in [0.4, 0.5) is 15.8 Å². The first-order chi connectivity index (χ1) is 17.0. The molecular weight excluding hydrogens is 443 g/mol. The van der Waals surface area contributed by atoms with Gasteiger partial charge in [0.1, 0.15) is 18.5 Å². The molecule has 0 saturated heterocycles. The van der Waals surface area contributed by atoms with Gasteiger partial charge in [-0.05, 0) is 61.0 Å². The third kappa shape index (κ3) is 4.43. The Morgan fingerprint density at radius 1 is 0.943 bits per heavy atom. The van der Waals surface area contributed by atoms with Gasteiger partial charge in [0.15, 0.2) is 11.6 Å². The van der Waals surface area contributed by atoms with E-state index in [1.54, 1.807) is 30.2 Å². The molecule has 1 atom stereocenters. The second-order valence-corrected chi connectivity index (χ2v) is 8.40. The highest BCUT2D eigenvalue weighted by Gasteiger charge is 2.35. The first kappa shape index (κ1) is 22.5. The number of halogens is 1. The molecule has 4 aromatic carbocycles. The van der Waals surface area contributed by atoms with E-state index in [1.807, 2.05) is 73.7 Å². The fourth-order valence-electron chi connectivity index (χ4n) is 4.25. The maximum Gasteiger partial charge on any atom is 0.260 e. The highest BCUT2D eigenvalue weighted by atomic mass is 19.1. The van der Waals surface area contributed by atoms with Gasteiger partial charge >= 0.3 is 0 Å². The standard InChI is InChI=1S/C29H25FN2O3/c1-19-11-13-20(14-12-19)29(33)32-25-9-5-4-8-24(25)31-28(32)21-15-16-26(34-2)22(17-21)18-35-27-10-6-3-7-23(27)30/h3-17,28,31H,18H2,1-2H3. The molecule has 1 heterocycles. The lowest BCUT2D eigenvalue weighted by Gasteiger charge is -2.26. The number of benzene rings is 4. The van der Waals surface area contributed by atoms with Crippen LogP contribution in [0, 0.1) is 12.7 Å². The van der Waals surface area contributed by atoms with Gasteiger partial charge in [-0.2, -0.15) is 0 Å². The Bertz CT molecular complexity index is 1370. The molecule has 1 unspecified atom stereocenters. The highest BCUT2D eigenvalue weighted by Crippen LogP contribution is 2.42. The molecule has 0 bridgehead atoms. The van der Waals surface area contributed by atoms with E-state index in [0.29, 0.717) is 11.3 Å². The van der Waals surface area contributed by atoms with Crippen LogP contribution in [0.1, 0.15) is 33.2 Å². The summed E-state index contributed by atoms with van der Waals surface area (Å²) in [5.74, 6) is 0.261. The molecule has 0 fully saturated rings. The Morgan fingerprint density at radius 3 is 2.46 bits per heavy atom. The Hall–Kier alpha value is -4.32. The fourth-order valence-corrected chi connectivity index (χ4v) is 4.25. The van der Waals surface area contributed by atoms with Crippen LogP contribution in [0.15, 0.2) is 91.0 Å². The number of nitrogens with one attached hydrogen (secondary N) is 1. The molecule has 0 radical (unpaired) electrons. The van der Waals surface area contributed by atoms with Crippen molar-refractivity contribution >= 4 is 17.3 Å². The van der Waals surface area contributed by atoms with Crippen LogP contribution in [-0.2, 0) is 6.61 Å². The number of methoxy groups -OCH3 is 1. The van der Waals surface area contributed by atoms with E-state index < -0.39 is 12.0 Å². The summed E-state index contributed by atoms with van der Waals surface area (Å²) in [5, 5.41) is 3.47. The number of para-hydroxylation sites is 3. The zero-order valence-electron chi connectivity index (χ0n) is 19.5. The minimum atomic E-state index is -0.431. The fraction of sp³-hybridized carbons (Fsp3) is 0.138. The van der Waals surface area contributed by atoms with Crippen molar-refractivity contribution in [3.8, 4) is 11.5 Å². The van der Waals surface area contributed by atoms with Gasteiger partial charge in [-0.3, -0.25) is 9.69 Å². The molecule has 35 heavy (non-hydrogen) atoms. The number of ether oxygens (including phenoxy) is 2. The Morgan fingerprint density at radius 2 is 1.69 bits per heavy atom. The molecule has 1 aliphatic rings. The molecule has 0 spiro atoms. The van der Waals surface area contributed by atoms with Crippen LogP contribution in [0.25, 0.3) is 0 Å². The van der Waals surface area contributed by atoms with Crippen LogP contribution in [0.2, 0.25) is 0 Å². The zero-order valence-corrected chi connectivity index (χ0v) is 19.5. The molecule has 1 N–H and O–H groups in total. The zero-order chi connectivity index (χ0) is 24.4. The van der Waals surface area contributed by atoms with Gasteiger partial charge in [0.2, 0.25) is 0 Å². The number of hydrogen-bond donors (Lipinski definition) is 1. The van der Waals surface area contributed by atoms with Gasteiger partial charge in [-0.25, -0.2) is 4.39 Å². The number of carbonyl (C=O) groups excluding carboxylic acids is 1. The maximum absolute atomic E-state index is 14.1. The summed E-state index contributed by atoms with van der Waals surface area (Å²) < 4.78 is 25.3. The van der Waals surface area contributed by atoms with Crippen LogP contribution in [0.3, 0.4) is 0 Å². The third-order valence-corrected chi connectivity index (χ3v) is 6.07. The van der Waals surface area contributed by atoms with Gasteiger partial charge in [0.05, 0.1) is 18.5 Å². The lowest BCUT2D eigenvalue weighted by molar-refractivity contribution is 0.0981. The van der Waals surface area contributed by atoms with E-state index in [2.05, 4.69) is 5.32 Å². The summed E-state index contributed by atoms with van der Waals surface area (Å²) >= 11 is 0. The number of amides is 1. The average molecular weight is 469 g/mol. The van der Waals surface area contributed by atoms with Crippen LogP contribution >= 0.6 is 0 Å². The summed E-state index contributed by atoms with van der Waals surface area (Å²) in [6.45, 7) is 2.11. The van der Waals surface area contributed by atoms with E-state index in [9.17, 15) is 9.18 Å².